The number of hydrogen-bond donors (Lipinski definition) is 2. The molecule has 0 amide bonds. The molecule has 1 aromatic rings. The Morgan fingerprint density at radius 2 is 1.93 bits per heavy atom. The summed E-state index contributed by atoms with van der Waals surface area (Å²) in [5, 5.41) is 7.06. The number of hydrogen-bond acceptors (Lipinski definition) is 5. The third-order valence-electron chi connectivity index (χ3n) is 6.04. The Kier molecular flexibility index (Phi) is 8.12. The van der Waals surface area contributed by atoms with Crippen LogP contribution in [0.3, 0.4) is 0 Å². The van der Waals surface area contributed by atoms with Gasteiger partial charge in [0.2, 0.25) is 0 Å². The summed E-state index contributed by atoms with van der Waals surface area (Å²) in [6, 6.07) is 6.10. The van der Waals surface area contributed by atoms with Gasteiger partial charge in [0.1, 0.15) is 5.82 Å². The average Bonchev–Trinajstić information content (AvgIpc) is 2.77. The lowest BCUT2D eigenvalue weighted by Gasteiger charge is -2.48. The molecule has 29 heavy (non-hydrogen) atoms. The van der Waals surface area contributed by atoms with Crippen LogP contribution in [-0.4, -0.2) is 74.9 Å². The minimum Gasteiger partial charge on any atom is -0.379 e. The molecule has 0 radical (unpaired) electrons. The number of ether oxygens (including phenoxy) is 1. The Labute approximate surface area is 175 Å². The second-order valence-electron chi connectivity index (χ2n) is 8.31. The predicted octanol–water partition coefficient (Wildman–Crippen LogP) is 2.24. The fourth-order valence-electron chi connectivity index (χ4n) is 4.41. The molecule has 2 heterocycles. The quantitative estimate of drug-likeness (QED) is 0.539. The number of aromatic nitrogens is 1. The van der Waals surface area contributed by atoms with Crippen LogP contribution < -0.4 is 15.5 Å². The van der Waals surface area contributed by atoms with E-state index < -0.39 is 0 Å². The molecule has 0 aromatic carbocycles. The minimum absolute atomic E-state index is 0.224. The molecule has 2 aliphatic rings. The molecular formula is C22H38N6O. The van der Waals surface area contributed by atoms with Crippen molar-refractivity contribution in [3.05, 3.63) is 23.9 Å². The van der Waals surface area contributed by atoms with Gasteiger partial charge in [-0.15, -0.1) is 0 Å². The van der Waals surface area contributed by atoms with Crippen LogP contribution in [0, 0.1) is 0 Å². The van der Waals surface area contributed by atoms with Gasteiger partial charge in [-0.1, -0.05) is 25.3 Å². The van der Waals surface area contributed by atoms with Gasteiger partial charge in [-0.05, 0) is 31.9 Å². The number of guanidine groups is 1. The molecule has 1 aliphatic heterocycles. The molecule has 2 fully saturated rings. The topological polar surface area (TPSA) is 65.0 Å². The van der Waals surface area contributed by atoms with E-state index >= 15 is 0 Å². The lowest BCUT2D eigenvalue weighted by molar-refractivity contribution is -0.0352. The monoisotopic (exact) mass is 402 g/mol. The summed E-state index contributed by atoms with van der Waals surface area (Å²) in [4.78, 5) is 14.2. The second-order valence-corrected chi connectivity index (χ2v) is 8.31. The molecule has 0 atom stereocenters. The van der Waals surface area contributed by atoms with Crippen molar-refractivity contribution >= 4 is 11.8 Å². The Morgan fingerprint density at radius 1 is 1.17 bits per heavy atom. The van der Waals surface area contributed by atoms with Gasteiger partial charge >= 0.3 is 0 Å². The molecular weight excluding hydrogens is 364 g/mol. The number of pyridine rings is 1. The van der Waals surface area contributed by atoms with Gasteiger partial charge in [-0.25, -0.2) is 9.98 Å². The third-order valence-corrected chi connectivity index (χ3v) is 6.04. The number of aliphatic imine (C=N–C) groups is 1. The smallest absolute Gasteiger partial charge is 0.191 e. The first-order valence-corrected chi connectivity index (χ1v) is 11.1. The zero-order chi connectivity index (χ0) is 20.5. The summed E-state index contributed by atoms with van der Waals surface area (Å²) in [5.74, 6) is 1.84. The fourth-order valence-corrected chi connectivity index (χ4v) is 4.41. The number of nitrogens with zero attached hydrogens (tertiary/aromatic N) is 4. The summed E-state index contributed by atoms with van der Waals surface area (Å²) in [6.07, 6.45) is 6.49. The Balaban J connectivity index is 1.66. The second kappa shape index (κ2) is 10.8. The van der Waals surface area contributed by atoms with Crippen LogP contribution in [0.4, 0.5) is 5.82 Å². The van der Waals surface area contributed by atoms with Gasteiger partial charge in [-0.2, -0.15) is 0 Å². The number of nitrogens with one attached hydrogen (secondary N) is 2. The lowest BCUT2D eigenvalue weighted by Crippen LogP contribution is -2.60. The van der Waals surface area contributed by atoms with Gasteiger partial charge in [0, 0.05) is 45.8 Å². The van der Waals surface area contributed by atoms with Crippen molar-refractivity contribution in [2.45, 2.75) is 51.1 Å². The fraction of sp³-hybridized carbons (Fsp3) is 0.727. The van der Waals surface area contributed by atoms with Crippen LogP contribution >= 0.6 is 0 Å². The van der Waals surface area contributed by atoms with Crippen molar-refractivity contribution in [1.82, 2.24) is 20.5 Å². The van der Waals surface area contributed by atoms with E-state index in [1.807, 2.05) is 37.2 Å². The van der Waals surface area contributed by atoms with Crippen LogP contribution in [-0.2, 0) is 11.3 Å². The van der Waals surface area contributed by atoms with Crippen molar-refractivity contribution in [2.24, 2.45) is 4.99 Å². The number of anilines is 1. The van der Waals surface area contributed by atoms with Gasteiger partial charge in [0.15, 0.2) is 5.96 Å². The van der Waals surface area contributed by atoms with E-state index in [2.05, 4.69) is 27.4 Å². The normalized spacial score (nSPS) is 20.3. The molecule has 0 unspecified atom stereocenters. The highest BCUT2D eigenvalue weighted by Crippen LogP contribution is 2.33. The van der Waals surface area contributed by atoms with Crippen LogP contribution in [0.1, 0.15) is 44.7 Å². The molecule has 3 rings (SSSR count). The maximum absolute atomic E-state index is 5.61. The third kappa shape index (κ3) is 6.06. The minimum atomic E-state index is 0.224. The summed E-state index contributed by atoms with van der Waals surface area (Å²) < 4.78 is 5.61. The first-order valence-electron chi connectivity index (χ1n) is 11.1. The van der Waals surface area contributed by atoms with Crippen molar-refractivity contribution in [3.8, 4) is 0 Å². The average molecular weight is 403 g/mol. The molecule has 0 bridgehead atoms. The number of morpholine rings is 1. The SMILES string of the molecule is CCNC(=NCc1cccc(N(C)C)n1)NCC1(N2CCOCC2)CCCCC1. The molecule has 7 nitrogen and oxygen atoms in total. The van der Waals surface area contributed by atoms with E-state index in [1.165, 1.54) is 32.1 Å². The van der Waals surface area contributed by atoms with E-state index in [-0.39, 0.29) is 5.54 Å². The first kappa shape index (κ1) is 21.8. The van der Waals surface area contributed by atoms with Crippen molar-refractivity contribution in [2.75, 3.05) is 58.4 Å². The van der Waals surface area contributed by atoms with Crippen molar-refractivity contribution in [1.29, 1.82) is 0 Å². The highest BCUT2D eigenvalue weighted by atomic mass is 16.5. The maximum atomic E-state index is 5.61. The van der Waals surface area contributed by atoms with E-state index in [9.17, 15) is 0 Å². The van der Waals surface area contributed by atoms with Gasteiger partial charge in [0.25, 0.3) is 0 Å². The largest absolute Gasteiger partial charge is 0.379 e. The van der Waals surface area contributed by atoms with E-state index in [0.29, 0.717) is 6.54 Å². The van der Waals surface area contributed by atoms with Gasteiger partial charge in [0.05, 0.1) is 25.5 Å². The standard InChI is InChI=1S/C22H38N6O/c1-4-23-21(24-17-19-9-8-10-20(26-19)27(2)3)25-18-22(11-6-5-7-12-22)28-13-15-29-16-14-28/h8-10H,4-7,11-18H2,1-3H3,(H2,23,24,25). The molecule has 7 heteroatoms. The molecule has 162 valence electrons. The lowest BCUT2D eigenvalue weighted by atomic mass is 9.80. The maximum Gasteiger partial charge on any atom is 0.191 e. The van der Waals surface area contributed by atoms with Crippen LogP contribution in [0.2, 0.25) is 0 Å². The highest BCUT2D eigenvalue weighted by Gasteiger charge is 2.38. The summed E-state index contributed by atoms with van der Waals surface area (Å²) in [7, 11) is 4.02. The predicted molar refractivity (Wildman–Crippen MR) is 120 cm³/mol. The molecule has 0 spiro atoms. The van der Waals surface area contributed by atoms with Crippen LogP contribution in [0.5, 0.6) is 0 Å². The zero-order valence-corrected chi connectivity index (χ0v) is 18.4. The molecule has 1 aliphatic carbocycles. The summed E-state index contributed by atoms with van der Waals surface area (Å²) in [6.45, 7) is 8.24. The number of rotatable bonds is 7. The highest BCUT2D eigenvalue weighted by molar-refractivity contribution is 5.79. The first-order chi connectivity index (χ1) is 14.1. The van der Waals surface area contributed by atoms with Crippen molar-refractivity contribution < 1.29 is 4.74 Å². The molecule has 1 aromatic heterocycles. The Bertz CT molecular complexity index is 650. The van der Waals surface area contributed by atoms with Crippen LogP contribution in [0.25, 0.3) is 0 Å². The zero-order valence-electron chi connectivity index (χ0n) is 18.4. The summed E-state index contributed by atoms with van der Waals surface area (Å²) in [5.41, 5.74) is 1.20. The van der Waals surface area contributed by atoms with E-state index in [4.69, 9.17) is 9.73 Å². The summed E-state index contributed by atoms with van der Waals surface area (Å²) >= 11 is 0. The Morgan fingerprint density at radius 3 is 2.62 bits per heavy atom. The van der Waals surface area contributed by atoms with Gasteiger partial charge in [-0.3, -0.25) is 4.90 Å². The van der Waals surface area contributed by atoms with Crippen molar-refractivity contribution in [3.63, 3.8) is 0 Å². The van der Waals surface area contributed by atoms with E-state index in [0.717, 1.165) is 56.9 Å². The Hall–Kier alpha value is -1.86. The molecule has 1 saturated heterocycles. The molecule has 1 saturated carbocycles. The molecule has 2 N–H and O–H groups in total. The van der Waals surface area contributed by atoms with Crippen LogP contribution in [0.15, 0.2) is 23.2 Å². The van der Waals surface area contributed by atoms with Gasteiger partial charge < -0.3 is 20.3 Å². The van der Waals surface area contributed by atoms with E-state index in [1.54, 1.807) is 0 Å².